The molecule has 2 N–H and O–H groups in total. The van der Waals surface area contributed by atoms with Crippen molar-refractivity contribution in [2.75, 3.05) is 0 Å². The molecular formula is C9H19N. The zero-order chi connectivity index (χ0) is 7.40. The first kappa shape index (κ1) is 8.06. The van der Waals surface area contributed by atoms with Gasteiger partial charge < -0.3 is 5.73 Å². The van der Waals surface area contributed by atoms with Gasteiger partial charge >= 0.3 is 0 Å². The molecule has 10 heavy (non-hydrogen) atoms. The number of rotatable bonds is 2. The van der Waals surface area contributed by atoms with E-state index in [4.69, 9.17) is 5.73 Å². The van der Waals surface area contributed by atoms with Crippen molar-refractivity contribution in [2.45, 2.75) is 51.5 Å². The lowest BCUT2D eigenvalue weighted by Crippen LogP contribution is -2.30. The van der Waals surface area contributed by atoms with Crippen molar-refractivity contribution >= 4 is 0 Å². The van der Waals surface area contributed by atoms with Crippen LogP contribution >= 0.6 is 0 Å². The van der Waals surface area contributed by atoms with Crippen LogP contribution in [0.4, 0.5) is 0 Å². The summed E-state index contributed by atoms with van der Waals surface area (Å²) in [5.74, 6) is 0.846. The Kier molecular flexibility index (Phi) is 3.20. The lowest BCUT2D eigenvalue weighted by molar-refractivity contribution is 0.300. The summed E-state index contributed by atoms with van der Waals surface area (Å²) in [5.41, 5.74) is 5.95. The minimum atomic E-state index is 0.486. The second kappa shape index (κ2) is 3.97. The van der Waals surface area contributed by atoms with E-state index in [2.05, 4.69) is 6.92 Å². The predicted molar refractivity (Wildman–Crippen MR) is 44.8 cm³/mol. The molecule has 0 aromatic carbocycles. The molecule has 0 aromatic heterocycles. The van der Waals surface area contributed by atoms with Crippen LogP contribution in [0.1, 0.15) is 45.4 Å². The minimum Gasteiger partial charge on any atom is -0.327 e. The molecule has 0 aromatic rings. The number of hydrogen-bond donors (Lipinski definition) is 1. The van der Waals surface area contributed by atoms with E-state index < -0.39 is 0 Å². The van der Waals surface area contributed by atoms with E-state index in [1.807, 2.05) is 0 Å². The molecule has 60 valence electrons. The van der Waals surface area contributed by atoms with Crippen LogP contribution in [-0.4, -0.2) is 6.04 Å². The molecule has 0 heterocycles. The fraction of sp³-hybridized carbons (Fsp3) is 1.00. The molecule has 1 rings (SSSR count). The maximum Gasteiger partial charge on any atom is 0.00645 e. The van der Waals surface area contributed by atoms with Gasteiger partial charge in [0.2, 0.25) is 0 Å². The van der Waals surface area contributed by atoms with Gasteiger partial charge in [0.15, 0.2) is 0 Å². The van der Waals surface area contributed by atoms with Gasteiger partial charge in [0.1, 0.15) is 0 Å². The van der Waals surface area contributed by atoms with Gasteiger partial charge in [-0.15, -0.1) is 0 Å². The molecule has 1 aliphatic rings. The molecule has 0 spiro atoms. The van der Waals surface area contributed by atoms with Crippen molar-refractivity contribution < 1.29 is 0 Å². The molecule has 1 heteroatoms. The van der Waals surface area contributed by atoms with E-state index in [0.29, 0.717) is 6.04 Å². The van der Waals surface area contributed by atoms with Gasteiger partial charge in [-0.2, -0.15) is 0 Å². The maximum atomic E-state index is 5.95. The molecule has 0 amide bonds. The van der Waals surface area contributed by atoms with E-state index in [1.54, 1.807) is 0 Å². The Bertz CT molecular complexity index is 84.7. The van der Waals surface area contributed by atoms with E-state index >= 15 is 0 Å². The van der Waals surface area contributed by atoms with Gasteiger partial charge in [-0.1, -0.05) is 26.2 Å². The van der Waals surface area contributed by atoms with Crippen LogP contribution in [0.25, 0.3) is 0 Å². The summed E-state index contributed by atoms with van der Waals surface area (Å²) in [7, 11) is 0. The Morgan fingerprint density at radius 2 is 1.90 bits per heavy atom. The van der Waals surface area contributed by atoms with Gasteiger partial charge in [0, 0.05) is 6.04 Å². The third-order valence-electron chi connectivity index (χ3n) is 2.73. The zero-order valence-electron chi connectivity index (χ0n) is 6.97. The van der Waals surface area contributed by atoms with Crippen LogP contribution in [-0.2, 0) is 0 Å². The Hall–Kier alpha value is -0.0400. The van der Waals surface area contributed by atoms with Crippen LogP contribution in [0.3, 0.4) is 0 Å². The molecule has 1 saturated carbocycles. The Morgan fingerprint density at radius 3 is 2.40 bits per heavy atom. The average molecular weight is 141 g/mol. The molecule has 0 radical (unpaired) electrons. The maximum absolute atomic E-state index is 5.95. The summed E-state index contributed by atoms with van der Waals surface area (Å²) >= 11 is 0. The second-order valence-corrected chi connectivity index (χ2v) is 3.47. The SMILES string of the molecule is CC[C@@H](N)C1CCCCC1. The smallest absolute Gasteiger partial charge is 0.00645 e. The first-order valence-corrected chi connectivity index (χ1v) is 4.60. The molecule has 0 aliphatic heterocycles. The molecule has 1 atom stereocenters. The summed E-state index contributed by atoms with van der Waals surface area (Å²) in [5, 5.41) is 0. The second-order valence-electron chi connectivity index (χ2n) is 3.47. The minimum absolute atomic E-state index is 0.486. The third-order valence-corrected chi connectivity index (χ3v) is 2.73. The van der Waals surface area contributed by atoms with Crippen molar-refractivity contribution in [1.82, 2.24) is 0 Å². The van der Waals surface area contributed by atoms with E-state index in [0.717, 1.165) is 12.3 Å². The Labute approximate surface area is 64.0 Å². The molecule has 0 unspecified atom stereocenters. The highest BCUT2D eigenvalue weighted by molar-refractivity contribution is 4.74. The van der Waals surface area contributed by atoms with Gasteiger partial charge in [-0.05, 0) is 25.2 Å². The molecular weight excluding hydrogens is 122 g/mol. The summed E-state index contributed by atoms with van der Waals surface area (Å²) in [6.07, 6.45) is 8.19. The van der Waals surface area contributed by atoms with Crippen LogP contribution in [0.5, 0.6) is 0 Å². The van der Waals surface area contributed by atoms with Gasteiger partial charge in [0.25, 0.3) is 0 Å². The van der Waals surface area contributed by atoms with E-state index in [1.165, 1.54) is 32.1 Å². The van der Waals surface area contributed by atoms with Crippen LogP contribution in [0.15, 0.2) is 0 Å². The Balaban J connectivity index is 2.24. The molecule has 1 aliphatic carbocycles. The fourth-order valence-corrected chi connectivity index (χ4v) is 1.90. The third kappa shape index (κ3) is 1.98. The van der Waals surface area contributed by atoms with Gasteiger partial charge in [-0.25, -0.2) is 0 Å². The fourth-order valence-electron chi connectivity index (χ4n) is 1.90. The van der Waals surface area contributed by atoms with Crippen molar-refractivity contribution in [2.24, 2.45) is 11.7 Å². The van der Waals surface area contributed by atoms with E-state index in [-0.39, 0.29) is 0 Å². The first-order chi connectivity index (χ1) is 4.84. The monoisotopic (exact) mass is 141 g/mol. The Morgan fingerprint density at radius 1 is 1.30 bits per heavy atom. The molecule has 1 fully saturated rings. The topological polar surface area (TPSA) is 26.0 Å². The van der Waals surface area contributed by atoms with Crippen LogP contribution < -0.4 is 5.73 Å². The zero-order valence-corrected chi connectivity index (χ0v) is 6.97. The summed E-state index contributed by atoms with van der Waals surface area (Å²) < 4.78 is 0. The first-order valence-electron chi connectivity index (χ1n) is 4.60. The van der Waals surface area contributed by atoms with Crippen molar-refractivity contribution in [3.8, 4) is 0 Å². The lowest BCUT2D eigenvalue weighted by atomic mass is 9.83. The number of nitrogens with two attached hydrogens (primary N) is 1. The highest BCUT2D eigenvalue weighted by Crippen LogP contribution is 2.26. The van der Waals surface area contributed by atoms with Crippen LogP contribution in [0.2, 0.25) is 0 Å². The van der Waals surface area contributed by atoms with E-state index in [9.17, 15) is 0 Å². The van der Waals surface area contributed by atoms with Crippen molar-refractivity contribution in [1.29, 1.82) is 0 Å². The lowest BCUT2D eigenvalue weighted by Gasteiger charge is -2.26. The predicted octanol–water partition coefficient (Wildman–Crippen LogP) is 2.30. The average Bonchev–Trinajstić information content (AvgIpc) is 2.05. The van der Waals surface area contributed by atoms with Crippen molar-refractivity contribution in [3.05, 3.63) is 0 Å². The number of hydrogen-bond acceptors (Lipinski definition) is 1. The molecule has 0 bridgehead atoms. The van der Waals surface area contributed by atoms with Crippen molar-refractivity contribution in [3.63, 3.8) is 0 Å². The standard InChI is InChI=1S/C9H19N/c1-2-9(10)8-6-4-3-5-7-8/h8-9H,2-7,10H2,1H3/t9-/m1/s1. The van der Waals surface area contributed by atoms with Gasteiger partial charge in [-0.3, -0.25) is 0 Å². The quantitative estimate of drug-likeness (QED) is 0.627. The highest BCUT2D eigenvalue weighted by Gasteiger charge is 2.18. The molecule has 0 saturated heterocycles. The normalized spacial score (nSPS) is 24.6. The highest BCUT2D eigenvalue weighted by atomic mass is 14.6. The summed E-state index contributed by atoms with van der Waals surface area (Å²) in [4.78, 5) is 0. The van der Waals surface area contributed by atoms with Crippen LogP contribution in [0, 0.1) is 5.92 Å². The largest absolute Gasteiger partial charge is 0.327 e. The molecule has 1 nitrogen and oxygen atoms in total. The summed E-state index contributed by atoms with van der Waals surface area (Å²) in [6.45, 7) is 2.19. The summed E-state index contributed by atoms with van der Waals surface area (Å²) in [6, 6.07) is 0.486. The van der Waals surface area contributed by atoms with Gasteiger partial charge in [0.05, 0.1) is 0 Å².